The van der Waals surface area contributed by atoms with Crippen molar-refractivity contribution in [1.29, 1.82) is 0 Å². The molecule has 0 saturated carbocycles. The Labute approximate surface area is 232 Å². The van der Waals surface area contributed by atoms with E-state index in [1.54, 1.807) is 0 Å². The van der Waals surface area contributed by atoms with E-state index in [-0.39, 0.29) is 0 Å². The largest absolute Gasteiger partial charge is 0.360 e. The molecule has 5 aromatic rings. The maximum absolute atomic E-state index is 6.99. The fraction of sp³-hybridized carbons (Fsp3) is 0.176. The van der Waals surface area contributed by atoms with Crippen LogP contribution in [0, 0.1) is 0 Å². The average molecular weight is 568 g/mol. The molecule has 0 aliphatic rings. The zero-order chi connectivity index (χ0) is 25.5. The molecule has 0 amide bonds. The van der Waals surface area contributed by atoms with Gasteiger partial charge in [-0.05, 0) is 56.2 Å². The summed E-state index contributed by atoms with van der Waals surface area (Å²) in [5.74, 6) is 0. The molecule has 0 radical (unpaired) electrons. The van der Waals surface area contributed by atoms with Gasteiger partial charge in [0.1, 0.15) is 5.60 Å². The standard InChI is InChI=1S/C34H31BrOS/c1-2-26-18-20-27(21-19-26)24-31-25-32(35)33(37-31)22-23-36-34(28-12-6-3-7-13-28,29-14-8-4-9-15-29)30-16-10-5-11-17-30/h3-21,25H,2,22-24H2,1H3. The first-order valence-electron chi connectivity index (χ1n) is 12.8. The minimum Gasteiger partial charge on any atom is -0.360 e. The Kier molecular flexibility index (Phi) is 8.35. The second-order valence-electron chi connectivity index (χ2n) is 9.21. The summed E-state index contributed by atoms with van der Waals surface area (Å²) in [6.07, 6.45) is 2.87. The average Bonchev–Trinajstić information content (AvgIpc) is 3.31. The van der Waals surface area contributed by atoms with E-state index in [9.17, 15) is 0 Å². The Morgan fingerprint density at radius 2 is 1.16 bits per heavy atom. The van der Waals surface area contributed by atoms with Crippen molar-refractivity contribution in [3.63, 3.8) is 0 Å². The van der Waals surface area contributed by atoms with Crippen LogP contribution in [0.15, 0.2) is 126 Å². The lowest BCUT2D eigenvalue weighted by atomic mass is 9.80. The molecule has 3 heteroatoms. The van der Waals surface area contributed by atoms with Gasteiger partial charge in [-0.3, -0.25) is 0 Å². The number of hydrogen-bond donors (Lipinski definition) is 0. The van der Waals surface area contributed by atoms with Crippen molar-refractivity contribution >= 4 is 27.3 Å². The van der Waals surface area contributed by atoms with E-state index in [0.29, 0.717) is 6.61 Å². The van der Waals surface area contributed by atoms with E-state index in [1.807, 2.05) is 11.3 Å². The molecule has 0 saturated heterocycles. The molecule has 0 unspecified atom stereocenters. The summed E-state index contributed by atoms with van der Waals surface area (Å²) in [7, 11) is 0. The fourth-order valence-electron chi connectivity index (χ4n) is 4.88. The van der Waals surface area contributed by atoms with E-state index in [0.717, 1.165) is 36.0 Å². The minimum absolute atomic E-state index is 0.600. The normalized spacial score (nSPS) is 11.5. The molecule has 0 atom stereocenters. The number of aryl methyl sites for hydroxylation is 1. The molecule has 4 aromatic carbocycles. The third-order valence-electron chi connectivity index (χ3n) is 6.81. The highest BCUT2D eigenvalue weighted by Gasteiger charge is 2.37. The SMILES string of the molecule is CCc1ccc(Cc2cc(Br)c(CCOC(c3ccccc3)(c3ccccc3)c3ccccc3)s2)cc1. The zero-order valence-corrected chi connectivity index (χ0v) is 23.5. The Morgan fingerprint density at radius 1 is 0.676 bits per heavy atom. The fourth-order valence-corrected chi connectivity index (χ4v) is 6.82. The predicted octanol–water partition coefficient (Wildman–Crippen LogP) is 9.21. The lowest BCUT2D eigenvalue weighted by Crippen LogP contribution is -2.33. The molecule has 0 aliphatic heterocycles. The van der Waals surface area contributed by atoms with Gasteiger partial charge in [-0.25, -0.2) is 0 Å². The van der Waals surface area contributed by atoms with Gasteiger partial charge in [-0.15, -0.1) is 11.3 Å². The lowest BCUT2D eigenvalue weighted by molar-refractivity contribution is 0.0150. The molecule has 0 fully saturated rings. The van der Waals surface area contributed by atoms with Gasteiger partial charge in [0.25, 0.3) is 0 Å². The van der Waals surface area contributed by atoms with E-state index in [4.69, 9.17) is 4.74 Å². The maximum atomic E-state index is 6.99. The van der Waals surface area contributed by atoms with Crippen molar-refractivity contribution in [2.75, 3.05) is 6.61 Å². The summed E-state index contributed by atoms with van der Waals surface area (Å²) < 4.78 is 8.16. The second kappa shape index (κ2) is 12.0. The summed E-state index contributed by atoms with van der Waals surface area (Å²) >= 11 is 5.70. The topological polar surface area (TPSA) is 9.23 Å². The highest BCUT2D eigenvalue weighted by Crippen LogP contribution is 2.41. The summed E-state index contributed by atoms with van der Waals surface area (Å²) in [4.78, 5) is 2.69. The van der Waals surface area contributed by atoms with E-state index < -0.39 is 5.60 Å². The molecular formula is C34H31BrOS. The molecule has 1 heterocycles. The summed E-state index contributed by atoms with van der Waals surface area (Å²) in [5, 5.41) is 0. The smallest absolute Gasteiger partial charge is 0.143 e. The van der Waals surface area contributed by atoms with Crippen LogP contribution in [0.4, 0.5) is 0 Å². The van der Waals surface area contributed by atoms with Crippen LogP contribution in [0.3, 0.4) is 0 Å². The molecule has 0 spiro atoms. The molecule has 0 bridgehead atoms. The second-order valence-corrected chi connectivity index (χ2v) is 11.3. The molecule has 0 N–H and O–H groups in total. The van der Waals surface area contributed by atoms with Crippen LogP contribution in [0.2, 0.25) is 0 Å². The molecular weight excluding hydrogens is 536 g/mol. The molecule has 5 rings (SSSR count). The van der Waals surface area contributed by atoms with Crippen molar-refractivity contribution in [3.05, 3.63) is 163 Å². The monoisotopic (exact) mass is 566 g/mol. The highest BCUT2D eigenvalue weighted by atomic mass is 79.9. The van der Waals surface area contributed by atoms with Crippen LogP contribution in [-0.4, -0.2) is 6.61 Å². The number of benzene rings is 4. The number of hydrogen-bond acceptors (Lipinski definition) is 2. The number of rotatable bonds is 10. The highest BCUT2D eigenvalue weighted by molar-refractivity contribution is 9.10. The number of thiophene rings is 1. The van der Waals surface area contributed by atoms with Crippen LogP contribution in [-0.2, 0) is 29.6 Å². The Balaban J connectivity index is 1.41. The summed E-state index contributed by atoms with van der Waals surface area (Å²) in [6, 6.07) is 43.0. The van der Waals surface area contributed by atoms with E-state index in [2.05, 4.69) is 144 Å². The third-order valence-corrected chi connectivity index (χ3v) is 8.97. The summed E-state index contributed by atoms with van der Waals surface area (Å²) in [6.45, 7) is 2.80. The van der Waals surface area contributed by atoms with Crippen molar-refractivity contribution in [3.8, 4) is 0 Å². The molecule has 186 valence electrons. The zero-order valence-electron chi connectivity index (χ0n) is 21.1. The quantitative estimate of drug-likeness (QED) is 0.153. The lowest BCUT2D eigenvalue weighted by Gasteiger charge is -2.36. The van der Waals surface area contributed by atoms with Gasteiger partial charge in [-0.1, -0.05) is 122 Å². The minimum atomic E-state index is -0.683. The maximum Gasteiger partial charge on any atom is 0.143 e. The predicted molar refractivity (Wildman–Crippen MR) is 160 cm³/mol. The Bertz CT molecular complexity index is 1300. The van der Waals surface area contributed by atoms with Gasteiger partial charge >= 0.3 is 0 Å². The van der Waals surface area contributed by atoms with Crippen molar-refractivity contribution in [1.82, 2.24) is 0 Å². The van der Waals surface area contributed by atoms with Crippen molar-refractivity contribution in [2.45, 2.75) is 31.8 Å². The Morgan fingerprint density at radius 3 is 1.65 bits per heavy atom. The summed E-state index contributed by atoms with van der Waals surface area (Å²) in [5.41, 5.74) is 5.45. The van der Waals surface area contributed by atoms with Crippen LogP contribution < -0.4 is 0 Å². The van der Waals surface area contributed by atoms with Gasteiger partial charge < -0.3 is 4.74 Å². The molecule has 1 aromatic heterocycles. The molecule has 1 nitrogen and oxygen atoms in total. The first-order valence-corrected chi connectivity index (χ1v) is 14.5. The molecule has 0 aliphatic carbocycles. The number of ether oxygens (including phenoxy) is 1. The third kappa shape index (κ3) is 5.80. The molecule has 37 heavy (non-hydrogen) atoms. The van der Waals surface area contributed by atoms with Crippen LogP contribution in [0.25, 0.3) is 0 Å². The van der Waals surface area contributed by atoms with Gasteiger partial charge in [0.05, 0.1) is 6.61 Å². The van der Waals surface area contributed by atoms with E-state index >= 15 is 0 Å². The van der Waals surface area contributed by atoms with Gasteiger partial charge in [0.15, 0.2) is 0 Å². The van der Waals surface area contributed by atoms with Crippen LogP contribution >= 0.6 is 27.3 Å². The van der Waals surface area contributed by atoms with Crippen molar-refractivity contribution in [2.24, 2.45) is 0 Å². The number of halogens is 1. The van der Waals surface area contributed by atoms with Crippen LogP contribution in [0.5, 0.6) is 0 Å². The van der Waals surface area contributed by atoms with Crippen molar-refractivity contribution < 1.29 is 4.74 Å². The van der Waals surface area contributed by atoms with Gasteiger partial charge in [0.2, 0.25) is 0 Å². The van der Waals surface area contributed by atoms with E-state index in [1.165, 1.54) is 25.4 Å². The van der Waals surface area contributed by atoms with Gasteiger partial charge in [-0.2, -0.15) is 0 Å². The van der Waals surface area contributed by atoms with Crippen LogP contribution in [0.1, 0.15) is 44.5 Å². The van der Waals surface area contributed by atoms with Gasteiger partial charge in [0, 0.05) is 27.1 Å². The first-order chi connectivity index (χ1) is 18.2. The Hall–Kier alpha value is -2.98. The first kappa shape index (κ1) is 25.7.